The predicted molar refractivity (Wildman–Crippen MR) is 86.6 cm³/mol. The van der Waals surface area contributed by atoms with Crippen LogP contribution in [-0.2, 0) is 15.1 Å². The summed E-state index contributed by atoms with van der Waals surface area (Å²) in [4.78, 5) is 38.0. The van der Waals surface area contributed by atoms with E-state index in [1.54, 1.807) is 0 Å². The van der Waals surface area contributed by atoms with Gasteiger partial charge in [-0.25, -0.2) is 4.79 Å². The summed E-state index contributed by atoms with van der Waals surface area (Å²) in [6.07, 6.45) is 2.03. The van der Waals surface area contributed by atoms with Crippen molar-refractivity contribution in [2.45, 2.75) is 38.6 Å². The third-order valence-corrected chi connectivity index (χ3v) is 3.94. The zero-order valence-corrected chi connectivity index (χ0v) is 13.6. The predicted octanol–water partition coefficient (Wildman–Crippen LogP) is 1.76. The summed E-state index contributed by atoms with van der Waals surface area (Å²) in [5.74, 6) is -0.682. The maximum absolute atomic E-state index is 12.9. The Kier molecular flexibility index (Phi) is 5.36. The summed E-state index contributed by atoms with van der Waals surface area (Å²) in [5.41, 5.74) is -0.324. The molecule has 1 aliphatic rings. The average molecular weight is 317 g/mol. The van der Waals surface area contributed by atoms with Gasteiger partial charge in [0.15, 0.2) is 0 Å². The lowest BCUT2D eigenvalue weighted by atomic mass is 9.85. The van der Waals surface area contributed by atoms with Gasteiger partial charge >= 0.3 is 6.03 Å². The van der Waals surface area contributed by atoms with Crippen molar-refractivity contribution in [3.63, 3.8) is 0 Å². The molecule has 0 bridgehead atoms. The Bertz CT molecular complexity index is 588. The number of urea groups is 1. The standard InChI is InChI=1S/C17H23N3O3/c1-3-10-17(13-8-6-5-7-9-13)15(22)20(16(23)19-17)12-14(21)18-11-4-2/h5-9H,3-4,10-12H2,1-2H3,(H,18,21)(H,19,23)/t17-/m0/s1. The summed E-state index contributed by atoms with van der Waals surface area (Å²) in [6, 6.07) is 8.67. The number of nitrogens with zero attached hydrogens (tertiary/aromatic N) is 1. The van der Waals surface area contributed by atoms with E-state index in [-0.39, 0.29) is 18.4 Å². The van der Waals surface area contributed by atoms with Gasteiger partial charge in [0.25, 0.3) is 5.91 Å². The van der Waals surface area contributed by atoms with E-state index in [2.05, 4.69) is 10.6 Å². The summed E-state index contributed by atoms with van der Waals surface area (Å²) < 4.78 is 0. The second-order valence-corrected chi connectivity index (χ2v) is 5.69. The zero-order chi connectivity index (χ0) is 16.9. The number of hydrogen-bond donors (Lipinski definition) is 2. The van der Waals surface area contributed by atoms with Gasteiger partial charge in [-0.15, -0.1) is 0 Å². The number of nitrogens with one attached hydrogen (secondary N) is 2. The van der Waals surface area contributed by atoms with Gasteiger partial charge in [0.05, 0.1) is 0 Å². The van der Waals surface area contributed by atoms with E-state index in [4.69, 9.17) is 0 Å². The summed E-state index contributed by atoms with van der Waals surface area (Å²) in [5, 5.41) is 5.49. The lowest BCUT2D eigenvalue weighted by Gasteiger charge is -2.26. The molecule has 0 saturated carbocycles. The Morgan fingerprint density at radius 3 is 2.48 bits per heavy atom. The molecule has 1 saturated heterocycles. The van der Waals surface area contributed by atoms with Crippen LogP contribution >= 0.6 is 0 Å². The van der Waals surface area contributed by atoms with Crippen molar-refractivity contribution >= 4 is 17.8 Å². The monoisotopic (exact) mass is 317 g/mol. The maximum atomic E-state index is 12.9. The lowest BCUT2D eigenvalue weighted by molar-refractivity contribution is -0.135. The smallest absolute Gasteiger partial charge is 0.325 e. The molecule has 2 rings (SSSR count). The first kappa shape index (κ1) is 17.0. The molecular formula is C17H23N3O3. The fourth-order valence-electron chi connectivity index (χ4n) is 2.84. The topological polar surface area (TPSA) is 78.5 Å². The second-order valence-electron chi connectivity index (χ2n) is 5.69. The molecule has 124 valence electrons. The van der Waals surface area contributed by atoms with Gasteiger partial charge in [0.2, 0.25) is 5.91 Å². The largest absolute Gasteiger partial charge is 0.355 e. The van der Waals surface area contributed by atoms with E-state index in [1.165, 1.54) is 0 Å². The first-order chi connectivity index (χ1) is 11.0. The van der Waals surface area contributed by atoms with E-state index in [1.807, 2.05) is 44.2 Å². The number of hydrogen-bond acceptors (Lipinski definition) is 3. The molecule has 2 N–H and O–H groups in total. The van der Waals surface area contributed by atoms with E-state index < -0.39 is 11.6 Å². The molecule has 1 aliphatic heterocycles. The number of amides is 4. The maximum Gasteiger partial charge on any atom is 0.325 e. The highest BCUT2D eigenvalue weighted by atomic mass is 16.2. The van der Waals surface area contributed by atoms with Crippen LogP contribution < -0.4 is 10.6 Å². The third-order valence-electron chi connectivity index (χ3n) is 3.94. The minimum absolute atomic E-state index is 0.247. The molecule has 0 aromatic heterocycles. The first-order valence-corrected chi connectivity index (χ1v) is 8.01. The fraction of sp³-hybridized carbons (Fsp3) is 0.471. The van der Waals surface area contributed by atoms with Crippen molar-refractivity contribution in [2.75, 3.05) is 13.1 Å². The quantitative estimate of drug-likeness (QED) is 0.752. The number of imide groups is 1. The highest BCUT2D eigenvalue weighted by molar-refractivity contribution is 6.09. The van der Waals surface area contributed by atoms with Crippen molar-refractivity contribution in [1.29, 1.82) is 0 Å². The Labute approximate surface area is 136 Å². The van der Waals surface area contributed by atoms with Gasteiger partial charge in [-0.3, -0.25) is 14.5 Å². The molecule has 0 unspecified atom stereocenters. The Balaban J connectivity index is 2.25. The molecule has 1 fully saturated rings. The van der Waals surface area contributed by atoms with E-state index in [9.17, 15) is 14.4 Å². The molecule has 1 heterocycles. The highest BCUT2D eigenvalue weighted by Gasteiger charge is 2.51. The number of rotatable bonds is 7. The number of benzene rings is 1. The first-order valence-electron chi connectivity index (χ1n) is 8.01. The highest BCUT2D eigenvalue weighted by Crippen LogP contribution is 2.33. The van der Waals surface area contributed by atoms with Gasteiger partial charge < -0.3 is 10.6 Å². The molecule has 1 atom stereocenters. The Hall–Kier alpha value is -2.37. The van der Waals surface area contributed by atoms with Gasteiger partial charge in [0.1, 0.15) is 12.1 Å². The lowest BCUT2D eigenvalue weighted by Crippen LogP contribution is -2.45. The summed E-state index contributed by atoms with van der Waals surface area (Å²) >= 11 is 0. The van der Waals surface area contributed by atoms with Crippen LogP contribution in [0.15, 0.2) is 30.3 Å². The van der Waals surface area contributed by atoms with Crippen LogP contribution in [0.25, 0.3) is 0 Å². The van der Waals surface area contributed by atoms with Crippen LogP contribution in [0.1, 0.15) is 38.7 Å². The van der Waals surface area contributed by atoms with Crippen molar-refractivity contribution in [1.82, 2.24) is 15.5 Å². The molecule has 0 spiro atoms. The van der Waals surface area contributed by atoms with Crippen LogP contribution in [0, 0.1) is 0 Å². The van der Waals surface area contributed by atoms with Crippen LogP contribution in [0.4, 0.5) is 4.79 Å². The number of carbonyl (C=O) groups excluding carboxylic acids is 3. The van der Waals surface area contributed by atoms with Gasteiger partial charge in [0, 0.05) is 6.54 Å². The van der Waals surface area contributed by atoms with Crippen LogP contribution in [-0.4, -0.2) is 35.8 Å². The fourth-order valence-corrected chi connectivity index (χ4v) is 2.84. The van der Waals surface area contributed by atoms with Gasteiger partial charge in [-0.05, 0) is 18.4 Å². The zero-order valence-electron chi connectivity index (χ0n) is 13.6. The van der Waals surface area contributed by atoms with Gasteiger partial charge in [-0.2, -0.15) is 0 Å². The molecule has 23 heavy (non-hydrogen) atoms. The Morgan fingerprint density at radius 2 is 1.87 bits per heavy atom. The molecule has 6 heteroatoms. The molecule has 0 radical (unpaired) electrons. The van der Waals surface area contributed by atoms with Crippen molar-refractivity contribution in [3.05, 3.63) is 35.9 Å². The second kappa shape index (κ2) is 7.26. The van der Waals surface area contributed by atoms with E-state index >= 15 is 0 Å². The molecule has 6 nitrogen and oxygen atoms in total. The van der Waals surface area contributed by atoms with Crippen molar-refractivity contribution in [3.8, 4) is 0 Å². The molecule has 0 aliphatic carbocycles. The molecule has 4 amide bonds. The molecule has 1 aromatic rings. The average Bonchev–Trinajstić information content (AvgIpc) is 2.79. The molecule has 1 aromatic carbocycles. The minimum atomic E-state index is -1.07. The van der Waals surface area contributed by atoms with Crippen molar-refractivity contribution < 1.29 is 14.4 Å². The SMILES string of the molecule is CCCNC(=O)CN1C(=O)N[C@@](CCC)(c2ccccc2)C1=O. The summed E-state index contributed by atoms with van der Waals surface area (Å²) in [7, 11) is 0. The van der Waals surface area contributed by atoms with E-state index in [0.29, 0.717) is 13.0 Å². The number of carbonyl (C=O) groups is 3. The van der Waals surface area contributed by atoms with Gasteiger partial charge in [-0.1, -0.05) is 50.6 Å². The Morgan fingerprint density at radius 1 is 1.17 bits per heavy atom. The third kappa shape index (κ3) is 3.36. The van der Waals surface area contributed by atoms with Crippen LogP contribution in [0.5, 0.6) is 0 Å². The summed E-state index contributed by atoms with van der Waals surface area (Å²) in [6.45, 7) is 4.18. The molecular weight excluding hydrogens is 294 g/mol. The van der Waals surface area contributed by atoms with Crippen molar-refractivity contribution in [2.24, 2.45) is 0 Å². The normalized spacial score (nSPS) is 20.5. The van der Waals surface area contributed by atoms with Crippen LogP contribution in [0.2, 0.25) is 0 Å². The van der Waals surface area contributed by atoms with Crippen LogP contribution in [0.3, 0.4) is 0 Å². The minimum Gasteiger partial charge on any atom is -0.355 e. The van der Waals surface area contributed by atoms with E-state index in [0.717, 1.165) is 23.3 Å².